The van der Waals surface area contributed by atoms with E-state index in [2.05, 4.69) is 0 Å². The van der Waals surface area contributed by atoms with Crippen LogP contribution in [0.3, 0.4) is 0 Å². The highest BCUT2D eigenvalue weighted by molar-refractivity contribution is 5.83. The Morgan fingerprint density at radius 1 is 1.26 bits per heavy atom. The van der Waals surface area contributed by atoms with E-state index in [4.69, 9.17) is 4.74 Å². The predicted octanol–water partition coefficient (Wildman–Crippen LogP) is 2.13. The molecule has 1 fully saturated rings. The minimum Gasteiger partial charge on any atom is -0.459 e. The number of carbonyl (C=O) groups excluding carboxylic acids is 2. The number of hydrogen-bond donors (Lipinski definition) is 0. The van der Waals surface area contributed by atoms with E-state index in [1.165, 1.54) is 6.92 Å². The standard InChI is InChI=1S/C15H19NO3/c1-12(17)16-10-6-5-9-14(16)15(18)19-11-13-7-3-2-4-8-13/h2-4,7-8,14H,5-6,9-11H2,1H3. The van der Waals surface area contributed by atoms with Crippen LogP contribution in [0.1, 0.15) is 31.7 Å². The molecule has 4 nitrogen and oxygen atoms in total. The maximum absolute atomic E-state index is 12.1. The van der Waals surface area contributed by atoms with Gasteiger partial charge in [0.15, 0.2) is 0 Å². The number of ether oxygens (including phenoxy) is 1. The van der Waals surface area contributed by atoms with Crippen LogP contribution in [0.4, 0.5) is 0 Å². The van der Waals surface area contributed by atoms with E-state index in [-0.39, 0.29) is 18.5 Å². The molecule has 102 valence electrons. The van der Waals surface area contributed by atoms with Gasteiger partial charge in [0.2, 0.25) is 5.91 Å². The number of nitrogens with zero attached hydrogens (tertiary/aromatic N) is 1. The average molecular weight is 261 g/mol. The first kappa shape index (κ1) is 13.6. The van der Waals surface area contributed by atoms with E-state index in [1.54, 1.807) is 4.90 Å². The molecule has 1 amide bonds. The van der Waals surface area contributed by atoms with Crippen molar-refractivity contribution in [2.24, 2.45) is 0 Å². The zero-order valence-corrected chi connectivity index (χ0v) is 11.2. The molecule has 1 heterocycles. The van der Waals surface area contributed by atoms with Gasteiger partial charge in [-0.1, -0.05) is 30.3 Å². The minimum atomic E-state index is -0.407. The fourth-order valence-corrected chi connectivity index (χ4v) is 2.38. The summed E-state index contributed by atoms with van der Waals surface area (Å²) in [6.07, 6.45) is 2.63. The van der Waals surface area contributed by atoms with E-state index in [9.17, 15) is 9.59 Å². The first-order valence-electron chi connectivity index (χ1n) is 6.66. The van der Waals surface area contributed by atoms with Crippen molar-refractivity contribution in [1.82, 2.24) is 4.90 Å². The molecule has 0 spiro atoms. The lowest BCUT2D eigenvalue weighted by Gasteiger charge is -2.33. The van der Waals surface area contributed by atoms with Gasteiger partial charge in [-0.2, -0.15) is 0 Å². The normalized spacial score (nSPS) is 19.0. The smallest absolute Gasteiger partial charge is 0.329 e. The van der Waals surface area contributed by atoms with E-state index >= 15 is 0 Å². The third kappa shape index (κ3) is 3.56. The maximum atomic E-state index is 12.1. The molecule has 1 saturated heterocycles. The third-order valence-electron chi connectivity index (χ3n) is 3.40. The molecule has 1 aliphatic heterocycles. The highest BCUT2D eigenvalue weighted by Crippen LogP contribution is 2.18. The molecule has 1 aromatic carbocycles. The van der Waals surface area contributed by atoms with Crippen LogP contribution in [0, 0.1) is 0 Å². The summed E-state index contributed by atoms with van der Waals surface area (Å²) in [5.74, 6) is -0.347. The Morgan fingerprint density at radius 3 is 2.68 bits per heavy atom. The summed E-state index contributed by atoms with van der Waals surface area (Å²) in [7, 11) is 0. The Labute approximate surface area is 113 Å². The number of likely N-dealkylation sites (tertiary alicyclic amines) is 1. The van der Waals surface area contributed by atoms with Crippen LogP contribution in [-0.2, 0) is 20.9 Å². The van der Waals surface area contributed by atoms with E-state index in [0.717, 1.165) is 18.4 Å². The summed E-state index contributed by atoms with van der Waals surface area (Å²) in [5.41, 5.74) is 0.959. The molecule has 4 heteroatoms. The lowest BCUT2D eigenvalue weighted by molar-refractivity contribution is -0.157. The molecule has 1 aromatic rings. The maximum Gasteiger partial charge on any atom is 0.329 e. The van der Waals surface area contributed by atoms with Crippen molar-refractivity contribution in [3.05, 3.63) is 35.9 Å². The van der Waals surface area contributed by atoms with Crippen molar-refractivity contribution in [1.29, 1.82) is 0 Å². The SMILES string of the molecule is CC(=O)N1CCCCC1C(=O)OCc1ccccc1. The molecule has 0 aliphatic carbocycles. The van der Waals surface area contributed by atoms with Crippen LogP contribution in [0.15, 0.2) is 30.3 Å². The molecule has 0 aromatic heterocycles. The van der Waals surface area contributed by atoms with Crippen molar-refractivity contribution in [3.63, 3.8) is 0 Å². The Hall–Kier alpha value is -1.84. The highest BCUT2D eigenvalue weighted by atomic mass is 16.5. The molecule has 2 rings (SSSR count). The largest absolute Gasteiger partial charge is 0.459 e. The number of benzene rings is 1. The summed E-state index contributed by atoms with van der Waals surface area (Å²) in [6.45, 7) is 2.42. The van der Waals surface area contributed by atoms with Gasteiger partial charge < -0.3 is 9.64 Å². The van der Waals surface area contributed by atoms with Gasteiger partial charge in [-0.15, -0.1) is 0 Å². The molecule has 0 bridgehead atoms. The lowest BCUT2D eigenvalue weighted by atomic mass is 10.0. The van der Waals surface area contributed by atoms with Crippen LogP contribution < -0.4 is 0 Å². The lowest BCUT2D eigenvalue weighted by Crippen LogP contribution is -2.47. The van der Waals surface area contributed by atoms with E-state index in [0.29, 0.717) is 13.0 Å². The van der Waals surface area contributed by atoms with Gasteiger partial charge in [0.25, 0.3) is 0 Å². The third-order valence-corrected chi connectivity index (χ3v) is 3.40. The summed E-state index contributed by atoms with van der Waals surface area (Å²) >= 11 is 0. The molecule has 0 N–H and O–H groups in total. The van der Waals surface area contributed by atoms with Crippen LogP contribution in [0.25, 0.3) is 0 Å². The van der Waals surface area contributed by atoms with Crippen LogP contribution >= 0.6 is 0 Å². The van der Waals surface area contributed by atoms with Crippen LogP contribution in [0.5, 0.6) is 0 Å². The molecular formula is C15H19NO3. The monoisotopic (exact) mass is 261 g/mol. The van der Waals surface area contributed by atoms with Gasteiger partial charge in [0, 0.05) is 13.5 Å². The summed E-state index contributed by atoms with van der Waals surface area (Å²) in [5, 5.41) is 0. The van der Waals surface area contributed by atoms with Gasteiger partial charge in [-0.05, 0) is 24.8 Å². The van der Waals surface area contributed by atoms with Crippen LogP contribution in [-0.4, -0.2) is 29.4 Å². The van der Waals surface area contributed by atoms with Gasteiger partial charge >= 0.3 is 5.97 Å². The summed E-state index contributed by atoms with van der Waals surface area (Å²) in [6, 6.07) is 9.16. The highest BCUT2D eigenvalue weighted by Gasteiger charge is 2.31. The van der Waals surface area contributed by atoms with E-state index in [1.807, 2.05) is 30.3 Å². The fraction of sp³-hybridized carbons (Fsp3) is 0.467. The van der Waals surface area contributed by atoms with E-state index < -0.39 is 6.04 Å². The van der Waals surface area contributed by atoms with Gasteiger partial charge in [-0.25, -0.2) is 4.79 Å². The van der Waals surface area contributed by atoms with Crippen molar-refractivity contribution in [2.45, 2.75) is 38.8 Å². The zero-order chi connectivity index (χ0) is 13.7. The van der Waals surface area contributed by atoms with Crippen molar-refractivity contribution in [3.8, 4) is 0 Å². The number of carbonyl (C=O) groups is 2. The molecule has 1 atom stereocenters. The van der Waals surface area contributed by atoms with Crippen LogP contribution in [0.2, 0.25) is 0 Å². The molecular weight excluding hydrogens is 242 g/mol. The number of amides is 1. The minimum absolute atomic E-state index is 0.0543. The van der Waals surface area contributed by atoms with Gasteiger partial charge in [0.05, 0.1) is 0 Å². The Kier molecular flexibility index (Phi) is 4.55. The topological polar surface area (TPSA) is 46.6 Å². The number of rotatable bonds is 3. The Bertz CT molecular complexity index is 444. The number of piperidine rings is 1. The fourth-order valence-electron chi connectivity index (χ4n) is 2.38. The first-order valence-corrected chi connectivity index (χ1v) is 6.66. The number of esters is 1. The van der Waals surface area contributed by atoms with Crippen molar-refractivity contribution >= 4 is 11.9 Å². The van der Waals surface area contributed by atoms with Crippen molar-refractivity contribution < 1.29 is 14.3 Å². The Balaban J connectivity index is 1.93. The number of hydrogen-bond acceptors (Lipinski definition) is 3. The second-order valence-corrected chi connectivity index (χ2v) is 4.82. The quantitative estimate of drug-likeness (QED) is 0.783. The molecule has 1 aliphatic rings. The molecule has 19 heavy (non-hydrogen) atoms. The second-order valence-electron chi connectivity index (χ2n) is 4.82. The first-order chi connectivity index (χ1) is 9.18. The molecule has 0 saturated carbocycles. The average Bonchev–Trinajstić information content (AvgIpc) is 2.46. The summed E-state index contributed by atoms with van der Waals surface area (Å²) in [4.78, 5) is 25.2. The second kappa shape index (κ2) is 6.36. The molecule has 0 radical (unpaired) electrons. The Morgan fingerprint density at radius 2 is 2.00 bits per heavy atom. The molecule has 1 unspecified atom stereocenters. The van der Waals surface area contributed by atoms with Gasteiger partial charge in [-0.3, -0.25) is 4.79 Å². The predicted molar refractivity (Wildman–Crippen MR) is 71.3 cm³/mol. The van der Waals surface area contributed by atoms with Gasteiger partial charge in [0.1, 0.15) is 12.6 Å². The zero-order valence-electron chi connectivity index (χ0n) is 11.2. The van der Waals surface area contributed by atoms with Crippen molar-refractivity contribution in [2.75, 3.05) is 6.54 Å². The summed E-state index contributed by atoms with van der Waals surface area (Å²) < 4.78 is 5.32.